The van der Waals surface area contributed by atoms with Crippen LogP contribution in [-0.2, 0) is 16.2 Å². The molecule has 12 aromatic carbocycles. The van der Waals surface area contributed by atoms with Crippen molar-refractivity contribution in [1.29, 1.82) is 0 Å². The molecule has 89 heavy (non-hydrogen) atoms. The van der Waals surface area contributed by atoms with Gasteiger partial charge in [-0.05, 0) is 138 Å². The van der Waals surface area contributed by atoms with E-state index in [1.807, 2.05) is 0 Å². The first-order valence-corrected chi connectivity index (χ1v) is 31.5. The van der Waals surface area contributed by atoms with Gasteiger partial charge in [-0.1, -0.05) is 256 Å². The van der Waals surface area contributed by atoms with Crippen LogP contribution in [0.1, 0.15) is 79.0 Å². The molecule has 4 nitrogen and oxygen atoms in total. The zero-order chi connectivity index (χ0) is 60.7. The van der Waals surface area contributed by atoms with Gasteiger partial charge in [0.15, 0.2) is 0 Å². The van der Waals surface area contributed by atoms with Crippen molar-refractivity contribution >= 4 is 79.0 Å². The van der Waals surface area contributed by atoms with Gasteiger partial charge in [0.2, 0.25) is 0 Å². The molecule has 3 aliphatic heterocycles. The summed E-state index contributed by atoms with van der Waals surface area (Å²) in [6.07, 6.45) is 0. The molecule has 0 spiro atoms. The van der Waals surface area contributed by atoms with E-state index in [0.29, 0.717) is 0 Å². The average molecular weight is 1150 g/mol. The van der Waals surface area contributed by atoms with Gasteiger partial charge >= 0.3 is 0 Å². The second-order valence-electron chi connectivity index (χ2n) is 27.7. The van der Waals surface area contributed by atoms with Crippen LogP contribution in [0.3, 0.4) is 0 Å². The van der Waals surface area contributed by atoms with Gasteiger partial charge in [0.25, 0.3) is 6.71 Å². The molecule has 0 saturated heterocycles. The highest BCUT2D eigenvalue weighted by molar-refractivity contribution is 7.00. The summed E-state index contributed by atoms with van der Waals surface area (Å²) in [6, 6.07) is 98.0. The molecule has 0 unspecified atom stereocenters. The van der Waals surface area contributed by atoms with Crippen molar-refractivity contribution in [1.82, 2.24) is 4.57 Å². The smallest absolute Gasteiger partial charge is 0.252 e. The van der Waals surface area contributed by atoms with E-state index in [1.54, 1.807) is 0 Å². The van der Waals surface area contributed by atoms with Gasteiger partial charge in [-0.3, -0.25) is 0 Å². The Kier molecular flexibility index (Phi) is 12.3. The van der Waals surface area contributed by atoms with Crippen molar-refractivity contribution in [2.45, 2.75) is 78.6 Å². The van der Waals surface area contributed by atoms with E-state index in [0.717, 1.165) is 90.1 Å². The van der Waals surface area contributed by atoms with Crippen LogP contribution in [0.2, 0.25) is 0 Å². The van der Waals surface area contributed by atoms with E-state index in [1.165, 1.54) is 71.7 Å². The second-order valence-corrected chi connectivity index (χ2v) is 27.7. The average Bonchev–Trinajstić information content (AvgIpc) is 1.04. The summed E-state index contributed by atoms with van der Waals surface area (Å²) >= 11 is 0. The predicted molar refractivity (Wildman–Crippen MR) is 378 cm³/mol. The molecular formula is C84H70BN3O. The molecule has 0 N–H and O–H groups in total. The molecule has 0 aliphatic carbocycles. The highest BCUT2D eigenvalue weighted by Gasteiger charge is 2.48. The molecule has 0 radical (unpaired) electrons. The first-order chi connectivity index (χ1) is 43.1. The minimum absolute atomic E-state index is 0.174. The molecule has 5 heteroatoms. The zero-order valence-electron chi connectivity index (χ0n) is 52.2. The quantitative estimate of drug-likeness (QED) is 0.160. The number of hydrogen-bond acceptors (Lipinski definition) is 3. The maximum absolute atomic E-state index is 7.37. The fourth-order valence-corrected chi connectivity index (χ4v) is 14.6. The standard InChI is InChI=1S/C84H70BN3O/c1-82(2,3)57-48-65(54-30-15-11-16-31-54)79(66(49-57)55-32-17-12-18-33-55)87-73-52-59(86-71-40-23-19-34-60(71)61-35-20-24-41-72(61)86)44-45-69(73)85-70-47-56(53-28-13-10-14-29-53)46-67-63-37-22-26-43-77(63)89-76-42-25-21-36-62(76)64-38-27-39-68(84(7,8)9)80(64)88(81(67)70)75-51-58(83(4,5)6)50-74(87)78(75)85/h10-52H,1-9H3. The first kappa shape index (κ1) is 54.3. The van der Waals surface area contributed by atoms with E-state index in [9.17, 15) is 0 Å². The lowest BCUT2D eigenvalue weighted by atomic mass is 9.33. The van der Waals surface area contributed by atoms with Crippen molar-refractivity contribution in [2.75, 3.05) is 9.80 Å². The predicted octanol–water partition coefficient (Wildman–Crippen LogP) is 21.2. The molecule has 16 rings (SSSR count). The van der Waals surface area contributed by atoms with Crippen LogP contribution in [0, 0.1) is 0 Å². The summed E-state index contributed by atoms with van der Waals surface area (Å²) in [5, 5.41) is 2.46. The van der Waals surface area contributed by atoms with E-state index in [4.69, 9.17) is 4.74 Å². The number of aromatic nitrogens is 1. The van der Waals surface area contributed by atoms with E-state index >= 15 is 0 Å². The van der Waals surface area contributed by atoms with Gasteiger partial charge in [0.1, 0.15) is 11.5 Å². The molecule has 0 fully saturated rings. The lowest BCUT2D eigenvalue weighted by Crippen LogP contribution is -2.62. The second kappa shape index (κ2) is 20.2. The van der Waals surface area contributed by atoms with Crippen molar-refractivity contribution in [3.63, 3.8) is 0 Å². The van der Waals surface area contributed by atoms with Crippen LogP contribution < -0.4 is 30.9 Å². The zero-order valence-corrected chi connectivity index (χ0v) is 52.2. The lowest BCUT2D eigenvalue weighted by Gasteiger charge is -2.48. The Balaban J connectivity index is 1.14. The van der Waals surface area contributed by atoms with E-state index in [2.05, 4.69) is 338 Å². The lowest BCUT2D eigenvalue weighted by molar-refractivity contribution is 0.486. The highest BCUT2D eigenvalue weighted by Crippen LogP contribution is 2.58. The molecule has 13 aromatic rings. The fraction of sp³-hybridized carbons (Fsp3) is 0.143. The van der Waals surface area contributed by atoms with Gasteiger partial charge in [0.05, 0.1) is 22.4 Å². The number of para-hydroxylation sites is 5. The number of anilines is 6. The van der Waals surface area contributed by atoms with Gasteiger partial charge < -0.3 is 19.1 Å². The van der Waals surface area contributed by atoms with E-state index in [-0.39, 0.29) is 23.0 Å². The van der Waals surface area contributed by atoms with Gasteiger partial charge in [-0.2, -0.15) is 0 Å². The molecule has 0 amide bonds. The van der Waals surface area contributed by atoms with Crippen molar-refractivity contribution in [3.8, 4) is 72.8 Å². The minimum Gasteiger partial charge on any atom is -0.456 e. The molecule has 1 aromatic heterocycles. The fourth-order valence-electron chi connectivity index (χ4n) is 14.6. The SMILES string of the molecule is CC(C)(C)c1cc(-c2ccccc2)c(N2c3cc(-n4c5ccccc5c5ccccc54)ccc3B3c4cc(-c5ccccc5)cc5c4N(c4cc(C(C)(C)C)cc2c43)c2c(cccc2C(C)(C)C)-c2ccccc2Oc2ccccc2-5)c(-c2ccccc2)c1. The summed E-state index contributed by atoms with van der Waals surface area (Å²) in [7, 11) is 0. The van der Waals surface area contributed by atoms with Crippen LogP contribution >= 0.6 is 0 Å². The Labute approximate surface area is 524 Å². The molecule has 0 bridgehead atoms. The number of nitrogens with zero attached hydrogens (tertiary/aromatic N) is 3. The molecule has 430 valence electrons. The molecule has 4 heterocycles. The monoisotopic (exact) mass is 1150 g/mol. The van der Waals surface area contributed by atoms with Crippen LogP contribution in [0.4, 0.5) is 34.1 Å². The summed E-state index contributed by atoms with van der Waals surface area (Å²) in [6.45, 7) is 21.1. The number of ether oxygens (including phenoxy) is 1. The number of hydrogen-bond donors (Lipinski definition) is 0. The van der Waals surface area contributed by atoms with Crippen molar-refractivity contribution in [3.05, 3.63) is 278 Å². The maximum atomic E-state index is 7.37. The Morgan fingerprint density at radius 1 is 0.315 bits per heavy atom. The Hall–Kier alpha value is -10.1. The number of benzene rings is 12. The maximum Gasteiger partial charge on any atom is 0.252 e. The van der Waals surface area contributed by atoms with Gasteiger partial charge in [0, 0.05) is 72.6 Å². The third-order valence-corrected chi connectivity index (χ3v) is 19.0. The summed E-state index contributed by atoms with van der Waals surface area (Å²) in [5.41, 5.74) is 28.4. The Morgan fingerprint density at radius 3 is 1.38 bits per heavy atom. The normalized spacial score (nSPS) is 13.2. The highest BCUT2D eigenvalue weighted by atomic mass is 16.5. The van der Waals surface area contributed by atoms with Crippen LogP contribution in [0.15, 0.2) is 261 Å². The van der Waals surface area contributed by atoms with E-state index < -0.39 is 0 Å². The third-order valence-electron chi connectivity index (χ3n) is 19.0. The molecule has 0 saturated carbocycles. The van der Waals surface area contributed by atoms with Gasteiger partial charge in [-0.25, -0.2) is 0 Å². The van der Waals surface area contributed by atoms with Crippen molar-refractivity contribution < 1.29 is 4.74 Å². The number of fused-ring (bicyclic) bond motifs is 13. The third kappa shape index (κ3) is 8.72. The molecular weight excluding hydrogens is 1080 g/mol. The van der Waals surface area contributed by atoms with Crippen molar-refractivity contribution in [2.24, 2.45) is 0 Å². The largest absolute Gasteiger partial charge is 0.456 e. The molecule has 3 aliphatic rings. The number of rotatable bonds is 5. The summed E-state index contributed by atoms with van der Waals surface area (Å²) < 4.78 is 9.87. The van der Waals surface area contributed by atoms with Crippen LogP contribution in [0.25, 0.3) is 83.1 Å². The minimum atomic E-state index is -0.296. The Bertz CT molecular complexity index is 4890. The Morgan fingerprint density at radius 2 is 0.809 bits per heavy atom. The first-order valence-electron chi connectivity index (χ1n) is 31.5. The summed E-state index contributed by atoms with van der Waals surface area (Å²) in [4.78, 5) is 5.45. The topological polar surface area (TPSA) is 20.6 Å². The van der Waals surface area contributed by atoms with Crippen LogP contribution in [-0.4, -0.2) is 11.3 Å². The summed E-state index contributed by atoms with van der Waals surface area (Å²) in [5.74, 6) is 1.62. The molecule has 0 atom stereocenters. The van der Waals surface area contributed by atoms with Gasteiger partial charge in [-0.15, -0.1) is 0 Å². The van der Waals surface area contributed by atoms with Crippen LogP contribution in [0.5, 0.6) is 11.5 Å².